The lowest BCUT2D eigenvalue weighted by Crippen LogP contribution is -2.21. The zero-order valence-corrected chi connectivity index (χ0v) is 21.0. The second kappa shape index (κ2) is 11.1. The predicted molar refractivity (Wildman–Crippen MR) is 139 cm³/mol. The van der Waals surface area contributed by atoms with Gasteiger partial charge in [-0.15, -0.1) is 10.2 Å². The zero-order chi connectivity index (χ0) is 23.9. The Balaban J connectivity index is 1.52. The molecule has 0 saturated heterocycles. The molecular formula is C25H22BrN5O2S. The number of nitrogens with one attached hydrogen (secondary N) is 1. The Morgan fingerprint density at radius 2 is 1.74 bits per heavy atom. The SMILES string of the molecule is COc1ccc(-n2c(SCC(=O)N/N=C(/C)c3ccc(Br)cc3)nnc2-c2ccccc2)cc1. The smallest absolute Gasteiger partial charge is 0.250 e. The van der Waals surface area contributed by atoms with Crippen molar-refractivity contribution in [2.75, 3.05) is 12.9 Å². The molecule has 34 heavy (non-hydrogen) atoms. The van der Waals surface area contributed by atoms with E-state index in [-0.39, 0.29) is 11.7 Å². The summed E-state index contributed by atoms with van der Waals surface area (Å²) in [7, 11) is 1.63. The van der Waals surface area contributed by atoms with Gasteiger partial charge in [-0.05, 0) is 48.9 Å². The standard InChI is InChI=1S/C25H22BrN5O2S/c1-17(18-8-10-20(26)11-9-18)27-28-23(32)16-34-25-30-29-24(19-6-4-3-5-7-19)31(25)21-12-14-22(33-2)15-13-21/h3-15H,16H2,1-2H3,(H,28,32)/b27-17-. The van der Waals surface area contributed by atoms with Gasteiger partial charge in [-0.1, -0.05) is 70.2 Å². The minimum atomic E-state index is -0.230. The lowest BCUT2D eigenvalue weighted by atomic mass is 10.1. The summed E-state index contributed by atoms with van der Waals surface area (Å²) >= 11 is 4.71. The molecule has 0 radical (unpaired) electrons. The molecule has 1 amide bonds. The number of methoxy groups -OCH3 is 1. The number of hydrogen-bond acceptors (Lipinski definition) is 6. The molecular weight excluding hydrogens is 514 g/mol. The molecule has 3 aromatic carbocycles. The monoisotopic (exact) mass is 535 g/mol. The lowest BCUT2D eigenvalue weighted by molar-refractivity contribution is -0.118. The summed E-state index contributed by atoms with van der Waals surface area (Å²) < 4.78 is 8.20. The molecule has 172 valence electrons. The van der Waals surface area contributed by atoms with E-state index < -0.39 is 0 Å². The number of thioether (sulfide) groups is 1. The van der Waals surface area contributed by atoms with Gasteiger partial charge >= 0.3 is 0 Å². The fraction of sp³-hybridized carbons (Fsp3) is 0.120. The van der Waals surface area contributed by atoms with Gasteiger partial charge in [-0.2, -0.15) is 5.10 Å². The maximum Gasteiger partial charge on any atom is 0.250 e. The first-order valence-electron chi connectivity index (χ1n) is 10.4. The van der Waals surface area contributed by atoms with Crippen molar-refractivity contribution in [3.05, 3.63) is 88.9 Å². The van der Waals surface area contributed by atoms with Gasteiger partial charge < -0.3 is 4.74 Å². The maximum atomic E-state index is 12.5. The van der Waals surface area contributed by atoms with E-state index in [9.17, 15) is 4.79 Å². The van der Waals surface area contributed by atoms with Gasteiger partial charge in [0.1, 0.15) is 5.75 Å². The molecule has 0 aliphatic carbocycles. The van der Waals surface area contributed by atoms with E-state index >= 15 is 0 Å². The number of hydrogen-bond donors (Lipinski definition) is 1. The van der Waals surface area contributed by atoms with E-state index in [1.807, 2.05) is 90.4 Å². The molecule has 0 spiro atoms. The quantitative estimate of drug-likeness (QED) is 0.187. The second-order valence-electron chi connectivity index (χ2n) is 7.23. The summed E-state index contributed by atoms with van der Waals surface area (Å²) in [4.78, 5) is 12.5. The first kappa shape index (κ1) is 23.7. The van der Waals surface area contributed by atoms with Crippen molar-refractivity contribution in [1.29, 1.82) is 0 Å². The molecule has 9 heteroatoms. The van der Waals surface area contributed by atoms with Crippen molar-refractivity contribution in [1.82, 2.24) is 20.2 Å². The van der Waals surface area contributed by atoms with Gasteiger partial charge in [0.05, 0.1) is 18.6 Å². The molecule has 4 rings (SSSR count). The molecule has 1 aromatic heterocycles. The summed E-state index contributed by atoms with van der Waals surface area (Å²) in [5.74, 6) is 1.36. The number of benzene rings is 3. The van der Waals surface area contributed by atoms with Gasteiger partial charge in [0.25, 0.3) is 5.91 Å². The van der Waals surface area contributed by atoms with Crippen LogP contribution in [-0.2, 0) is 4.79 Å². The summed E-state index contributed by atoms with van der Waals surface area (Å²) in [6.45, 7) is 1.85. The highest BCUT2D eigenvalue weighted by atomic mass is 79.9. The van der Waals surface area contributed by atoms with E-state index in [0.717, 1.165) is 32.7 Å². The number of carbonyl (C=O) groups is 1. The van der Waals surface area contributed by atoms with Gasteiger partial charge in [0.2, 0.25) is 0 Å². The van der Waals surface area contributed by atoms with Crippen molar-refractivity contribution in [2.45, 2.75) is 12.1 Å². The van der Waals surface area contributed by atoms with Crippen LogP contribution in [0.1, 0.15) is 12.5 Å². The Kier molecular flexibility index (Phi) is 7.76. The number of ether oxygens (including phenoxy) is 1. The Labute approximate surface area is 210 Å². The van der Waals surface area contributed by atoms with Crippen molar-refractivity contribution in [3.8, 4) is 22.8 Å². The Hall–Kier alpha value is -3.43. The first-order valence-corrected chi connectivity index (χ1v) is 12.2. The molecule has 0 aliphatic heterocycles. The maximum absolute atomic E-state index is 12.5. The molecule has 4 aromatic rings. The lowest BCUT2D eigenvalue weighted by Gasteiger charge is -2.11. The number of amides is 1. The Bertz CT molecular complexity index is 1290. The van der Waals surface area contributed by atoms with E-state index in [1.165, 1.54) is 11.8 Å². The largest absolute Gasteiger partial charge is 0.497 e. The summed E-state index contributed by atoms with van der Waals surface area (Å²) in [5, 5.41) is 13.6. The third-order valence-electron chi connectivity index (χ3n) is 4.94. The van der Waals surface area contributed by atoms with E-state index in [0.29, 0.717) is 11.0 Å². The molecule has 0 aliphatic rings. The molecule has 1 heterocycles. The van der Waals surface area contributed by atoms with Crippen molar-refractivity contribution in [3.63, 3.8) is 0 Å². The van der Waals surface area contributed by atoms with Gasteiger partial charge in [-0.25, -0.2) is 5.43 Å². The predicted octanol–water partition coefficient (Wildman–Crippen LogP) is 5.34. The van der Waals surface area contributed by atoms with Crippen molar-refractivity contribution >= 4 is 39.3 Å². The number of hydrazone groups is 1. The minimum Gasteiger partial charge on any atom is -0.497 e. The topological polar surface area (TPSA) is 81.4 Å². The molecule has 0 unspecified atom stereocenters. The first-order chi connectivity index (χ1) is 16.5. The van der Waals surface area contributed by atoms with E-state index in [4.69, 9.17) is 4.74 Å². The number of aromatic nitrogens is 3. The van der Waals surface area contributed by atoms with Crippen LogP contribution in [0.4, 0.5) is 0 Å². The highest BCUT2D eigenvalue weighted by molar-refractivity contribution is 9.10. The minimum absolute atomic E-state index is 0.139. The molecule has 0 atom stereocenters. The van der Waals surface area contributed by atoms with Crippen LogP contribution in [0.25, 0.3) is 17.1 Å². The normalized spacial score (nSPS) is 11.3. The third-order valence-corrected chi connectivity index (χ3v) is 6.40. The molecule has 7 nitrogen and oxygen atoms in total. The van der Waals surface area contributed by atoms with Crippen LogP contribution in [0.5, 0.6) is 5.75 Å². The highest BCUT2D eigenvalue weighted by Gasteiger charge is 2.17. The number of carbonyl (C=O) groups excluding carboxylic acids is 1. The van der Waals surface area contributed by atoms with E-state index in [2.05, 4.69) is 36.7 Å². The fourth-order valence-corrected chi connectivity index (χ4v) is 4.17. The molecule has 0 fully saturated rings. The van der Waals surface area contributed by atoms with Gasteiger partial charge in [-0.3, -0.25) is 9.36 Å². The average Bonchev–Trinajstić information content (AvgIpc) is 3.31. The van der Waals surface area contributed by atoms with E-state index in [1.54, 1.807) is 7.11 Å². The fourth-order valence-electron chi connectivity index (χ4n) is 3.17. The number of nitrogens with zero attached hydrogens (tertiary/aromatic N) is 4. The van der Waals surface area contributed by atoms with Crippen molar-refractivity contribution in [2.24, 2.45) is 5.10 Å². The molecule has 0 bridgehead atoms. The van der Waals surface area contributed by atoms with Crippen LogP contribution in [0.2, 0.25) is 0 Å². The average molecular weight is 536 g/mol. The van der Waals surface area contributed by atoms with Crippen LogP contribution in [0.15, 0.2) is 93.6 Å². The summed E-state index contributed by atoms with van der Waals surface area (Å²) in [6, 6.07) is 25.2. The van der Waals surface area contributed by atoms with Crippen LogP contribution < -0.4 is 10.2 Å². The van der Waals surface area contributed by atoms with Gasteiger partial charge in [0.15, 0.2) is 11.0 Å². The van der Waals surface area contributed by atoms with Crippen LogP contribution in [0.3, 0.4) is 0 Å². The van der Waals surface area contributed by atoms with Crippen LogP contribution >= 0.6 is 27.7 Å². The molecule has 1 N–H and O–H groups in total. The third kappa shape index (κ3) is 5.73. The highest BCUT2D eigenvalue weighted by Crippen LogP contribution is 2.28. The van der Waals surface area contributed by atoms with Gasteiger partial charge in [0, 0.05) is 15.7 Å². The Morgan fingerprint density at radius 3 is 2.41 bits per heavy atom. The number of halogens is 1. The van der Waals surface area contributed by atoms with Crippen LogP contribution in [-0.4, -0.2) is 39.2 Å². The van der Waals surface area contributed by atoms with Crippen molar-refractivity contribution < 1.29 is 9.53 Å². The van der Waals surface area contributed by atoms with Crippen LogP contribution in [0, 0.1) is 0 Å². The Morgan fingerprint density at radius 1 is 1.03 bits per heavy atom. The second-order valence-corrected chi connectivity index (χ2v) is 9.09. The zero-order valence-electron chi connectivity index (χ0n) is 18.6. The summed E-state index contributed by atoms with van der Waals surface area (Å²) in [5.41, 5.74) is 6.07. The number of rotatable bonds is 8. The molecule has 0 saturated carbocycles. The summed E-state index contributed by atoms with van der Waals surface area (Å²) in [6.07, 6.45) is 0.